The van der Waals surface area contributed by atoms with Crippen LogP contribution in [0, 0.1) is 0 Å². The molecule has 0 heterocycles. The maximum Gasteiger partial charge on any atom is 0.0626 e. The average molecular weight is 219 g/mol. The van der Waals surface area contributed by atoms with Crippen molar-refractivity contribution in [3.05, 3.63) is 35.9 Å². The molecular formula is C16H26. The number of hydrogen-bond acceptors (Lipinski definition) is 0. The third-order valence-electron chi connectivity index (χ3n) is 3.07. The zero-order valence-corrected chi connectivity index (χ0v) is 10.7. The Balaban J connectivity index is 1.99. The van der Waals surface area contributed by atoms with Gasteiger partial charge in [0.15, 0.2) is 0 Å². The Morgan fingerprint density at radius 3 is 2.25 bits per heavy atom. The Hall–Kier alpha value is -0.780. The van der Waals surface area contributed by atoms with Gasteiger partial charge in [0, 0.05) is 0 Å². The number of hydrogen-bond donors (Lipinski definition) is 0. The van der Waals surface area contributed by atoms with Crippen LogP contribution in [-0.2, 0) is 6.42 Å². The fraction of sp³-hybridized carbons (Fsp3) is 0.625. The third-order valence-corrected chi connectivity index (χ3v) is 3.07. The molecule has 1 aromatic rings. The summed E-state index contributed by atoms with van der Waals surface area (Å²) in [4.78, 5) is 0. The minimum absolute atomic E-state index is 0.704. The first-order valence-corrected chi connectivity index (χ1v) is 6.89. The van der Waals surface area contributed by atoms with Gasteiger partial charge in [-0.05, 0) is 18.4 Å². The van der Waals surface area contributed by atoms with Crippen molar-refractivity contribution in [2.75, 3.05) is 0 Å². The molecule has 0 spiro atoms. The monoisotopic (exact) mass is 219 g/mol. The van der Waals surface area contributed by atoms with Gasteiger partial charge in [0.1, 0.15) is 0 Å². The van der Waals surface area contributed by atoms with Crippen LogP contribution in [0.2, 0.25) is 0 Å². The largest absolute Gasteiger partial charge is 0.0654 e. The molecule has 0 aromatic heterocycles. The van der Waals surface area contributed by atoms with Gasteiger partial charge in [0.05, 0.1) is 1.37 Å². The molecule has 0 radical (unpaired) electrons. The van der Waals surface area contributed by atoms with Gasteiger partial charge in [-0.3, -0.25) is 0 Å². The molecular weight excluding hydrogens is 192 g/mol. The van der Waals surface area contributed by atoms with Crippen LogP contribution in [0.15, 0.2) is 30.3 Å². The van der Waals surface area contributed by atoms with E-state index in [9.17, 15) is 0 Å². The summed E-state index contributed by atoms with van der Waals surface area (Å²) in [6.45, 7) is 2.26. The minimum atomic E-state index is 0.704. The Kier molecular flexibility index (Phi) is 6.91. The Morgan fingerprint density at radius 1 is 0.875 bits per heavy atom. The molecule has 0 N–H and O–H groups in total. The van der Waals surface area contributed by atoms with E-state index in [2.05, 4.69) is 13.0 Å². The van der Waals surface area contributed by atoms with Crippen LogP contribution >= 0.6 is 0 Å². The number of benzene rings is 1. The molecule has 0 heteroatoms. The second-order valence-corrected chi connectivity index (χ2v) is 4.61. The van der Waals surface area contributed by atoms with Crippen molar-refractivity contribution in [3.63, 3.8) is 0 Å². The Bertz CT molecular complexity index is 293. The van der Waals surface area contributed by atoms with Crippen molar-refractivity contribution in [1.82, 2.24) is 0 Å². The molecule has 0 bridgehead atoms. The molecule has 0 unspecified atom stereocenters. The molecule has 16 heavy (non-hydrogen) atoms. The zero-order valence-electron chi connectivity index (χ0n) is 11.7. The van der Waals surface area contributed by atoms with E-state index in [0.717, 1.165) is 6.42 Å². The maximum atomic E-state index is 7.76. The lowest BCUT2D eigenvalue weighted by Crippen LogP contribution is -1.85. The van der Waals surface area contributed by atoms with Crippen LogP contribution in [0.25, 0.3) is 0 Å². The highest BCUT2D eigenvalue weighted by atomic mass is 14.0. The van der Waals surface area contributed by atoms with Crippen molar-refractivity contribution >= 4 is 0 Å². The standard InChI is InChI=1S/C16H26/c1-2-3-4-5-6-7-8-10-13-16-14-11-9-12-15-16/h9,11-12,14-15H,2-8,10,13H2,1H3/i14D. The summed E-state index contributed by atoms with van der Waals surface area (Å²) in [5, 5.41) is 0. The summed E-state index contributed by atoms with van der Waals surface area (Å²) in [6, 6.07) is 8.66. The average Bonchev–Trinajstić information content (AvgIpc) is 2.35. The van der Waals surface area contributed by atoms with Crippen LogP contribution in [0.1, 0.15) is 65.2 Å². The second-order valence-electron chi connectivity index (χ2n) is 4.61. The van der Waals surface area contributed by atoms with Gasteiger partial charge in [0.2, 0.25) is 0 Å². The first-order chi connectivity index (χ1) is 8.34. The molecule has 0 nitrogen and oxygen atoms in total. The fourth-order valence-electron chi connectivity index (χ4n) is 2.04. The van der Waals surface area contributed by atoms with E-state index in [0.29, 0.717) is 6.04 Å². The molecule has 0 saturated carbocycles. The van der Waals surface area contributed by atoms with Gasteiger partial charge in [0.25, 0.3) is 0 Å². The summed E-state index contributed by atoms with van der Waals surface area (Å²) < 4.78 is 7.76. The Morgan fingerprint density at radius 2 is 1.56 bits per heavy atom. The van der Waals surface area contributed by atoms with Crippen molar-refractivity contribution in [2.24, 2.45) is 0 Å². The number of rotatable bonds is 9. The van der Waals surface area contributed by atoms with Gasteiger partial charge in [-0.1, -0.05) is 82.2 Å². The summed E-state index contributed by atoms with van der Waals surface area (Å²) in [7, 11) is 0. The number of aryl methyl sites for hydroxylation is 1. The van der Waals surface area contributed by atoms with Crippen LogP contribution in [0.3, 0.4) is 0 Å². The maximum absolute atomic E-state index is 7.76. The molecule has 0 atom stereocenters. The minimum Gasteiger partial charge on any atom is -0.0654 e. The van der Waals surface area contributed by atoms with Crippen molar-refractivity contribution in [1.29, 1.82) is 0 Å². The second kappa shape index (κ2) is 9.45. The van der Waals surface area contributed by atoms with E-state index in [1.54, 1.807) is 0 Å². The highest BCUT2D eigenvalue weighted by molar-refractivity contribution is 5.14. The van der Waals surface area contributed by atoms with E-state index >= 15 is 0 Å². The first kappa shape index (κ1) is 11.7. The highest BCUT2D eigenvalue weighted by Gasteiger charge is 1.93. The lowest BCUT2D eigenvalue weighted by molar-refractivity contribution is 0.575. The molecule has 0 amide bonds. The SMILES string of the molecule is [2H]c1ccccc1CCCCCCCCCC. The van der Waals surface area contributed by atoms with Gasteiger partial charge in [-0.2, -0.15) is 0 Å². The predicted molar refractivity (Wildman–Crippen MR) is 72.8 cm³/mol. The van der Waals surface area contributed by atoms with Crippen LogP contribution in [0.4, 0.5) is 0 Å². The van der Waals surface area contributed by atoms with Gasteiger partial charge >= 0.3 is 0 Å². The van der Waals surface area contributed by atoms with Crippen LogP contribution < -0.4 is 0 Å². The van der Waals surface area contributed by atoms with E-state index in [1.165, 1.54) is 56.9 Å². The van der Waals surface area contributed by atoms with E-state index in [-0.39, 0.29) is 0 Å². The van der Waals surface area contributed by atoms with E-state index in [4.69, 9.17) is 1.37 Å². The summed E-state index contributed by atoms with van der Waals surface area (Å²) in [5.74, 6) is 0. The number of unbranched alkanes of at least 4 members (excludes halogenated alkanes) is 7. The molecule has 90 valence electrons. The van der Waals surface area contributed by atoms with Crippen molar-refractivity contribution in [2.45, 2.75) is 64.7 Å². The van der Waals surface area contributed by atoms with Crippen LogP contribution in [0.5, 0.6) is 0 Å². The smallest absolute Gasteiger partial charge is 0.0626 e. The predicted octanol–water partition coefficient (Wildman–Crippen LogP) is 5.37. The topological polar surface area (TPSA) is 0 Å². The summed E-state index contributed by atoms with van der Waals surface area (Å²) in [5.41, 5.74) is 1.21. The quantitative estimate of drug-likeness (QED) is 0.490. The molecule has 0 aliphatic rings. The normalized spacial score (nSPS) is 11.4. The molecule has 0 fully saturated rings. The molecule has 0 aliphatic heterocycles. The van der Waals surface area contributed by atoms with E-state index in [1.807, 2.05) is 18.2 Å². The summed E-state index contributed by atoms with van der Waals surface area (Å²) in [6.07, 6.45) is 11.9. The fourth-order valence-corrected chi connectivity index (χ4v) is 2.04. The third kappa shape index (κ3) is 6.66. The first-order valence-electron chi connectivity index (χ1n) is 7.39. The van der Waals surface area contributed by atoms with Gasteiger partial charge < -0.3 is 0 Å². The van der Waals surface area contributed by atoms with E-state index < -0.39 is 0 Å². The zero-order chi connectivity index (χ0) is 12.3. The Labute approximate surface area is 102 Å². The molecule has 0 aliphatic carbocycles. The highest BCUT2D eigenvalue weighted by Crippen LogP contribution is 2.10. The molecule has 0 saturated heterocycles. The van der Waals surface area contributed by atoms with Crippen LogP contribution in [-0.4, -0.2) is 0 Å². The van der Waals surface area contributed by atoms with Crippen molar-refractivity contribution in [3.8, 4) is 0 Å². The van der Waals surface area contributed by atoms with Gasteiger partial charge in [-0.15, -0.1) is 0 Å². The van der Waals surface area contributed by atoms with Crippen molar-refractivity contribution < 1.29 is 1.37 Å². The lowest BCUT2D eigenvalue weighted by atomic mass is 10.0. The molecule has 1 rings (SSSR count). The molecule has 1 aromatic carbocycles. The van der Waals surface area contributed by atoms with Gasteiger partial charge in [-0.25, -0.2) is 0 Å². The lowest BCUT2D eigenvalue weighted by Gasteiger charge is -2.02. The summed E-state index contributed by atoms with van der Waals surface area (Å²) >= 11 is 0.